The van der Waals surface area contributed by atoms with Crippen LogP contribution in [-0.4, -0.2) is 62.5 Å². The van der Waals surface area contributed by atoms with Crippen molar-refractivity contribution in [3.05, 3.63) is 0 Å². The summed E-state index contributed by atoms with van der Waals surface area (Å²) in [5, 5.41) is 0. The zero-order valence-electron chi connectivity index (χ0n) is 11.7. The van der Waals surface area contributed by atoms with Crippen molar-refractivity contribution >= 4 is 5.91 Å². The van der Waals surface area contributed by atoms with Crippen molar-refractivity contribution in [2.45, 2.75) is 32.5 Å². The van der Waals surface area contributed by atoms with Crippen LogP contribution in [0.2, 0.25) is 0 Å². The van der Waals surface area contributed by atoms with E-state index in [0.717, 1.165) is 0 Å². The summed E-state index contributed by atoms with van der Waals surface area (Å²) in [4.78, 5) is 14.4. The first-order valence-corrected chi connectivity index (χ1v) is 6.40. The molecule has 2 heterocycles. The largest absolute Gasteiger partial charge is 0.382 e. The smallest absolute Gasteiger partial charge is 0.233 e. The molecule has 2 aliphatic rings. The maximum absolute atomic E-state index is 12.5. The Kier molecular flexibility index (Phi) is 3.67. The molecule has 0 radical (unpaired) electrons. The van der Waals surface area contributed by atoms with Gasteiger partial charge in [0.05, 0.1) is 36.9 Å². The summed E-state index contributed by atoms with van der Waals surface area (Å²) in [7, 11) is 1.65. The summed E-state index contributed by atoms with van der Waals surface area (Å²) in [5.41, 5.74) is -0.664. The van der Waals surface area contributed by atoms with Crippen LogP contribution in [0.3, 0.4) is 0 Å². The Morgan fingerprint density at radius 3 is 2.56 bits per heavy atom. The molecule has 0 aromatic carbocycles. The average molecular weight is 257 g/mol. The van der Waals surface area contributed by atoms with Crippen molar-refractivity contribution in [2.24, 2.45) is 5.41 Å². The van der Waals surface area contributed by atoms with E-state index in [1.807, 2.05) is 25.7 Å². The fourth-order valence-corrected chi connectivity index (χ4v) is 2.64. The monoisotopic (exact) mass is 257 g/mol. The van der Waals surface area contributed by atoms with E-state index in [2.05, 4.69) is 0 Å². The third-order valence-corrected chi connectivity index (χ3v) is 3.48. The van der Waals surface area contributed by atoms with Crippen molar-refractivity contribution < 1.29 is 19.0 Å². The molecule has 0 aromatic heterocycles. The van der Waals surface area contributed by atoms with Crippen LogP contribution in [0.5, 0.6) is 0 Å². The fraction of sp³-hybridized carbons (Fsp3) is 0.923. The maximum Gasteiger partial charge on any atom is 0.233 e. The molecule has 1 atom stereocenters. The van der Waals surface area contributed by atoms with Gasteiger partial charge in [0.25, 0.3) is 0 Å². The second-order valence-corrected chi connectivity index (χ2v) is 6.19. The minimum atomic E-state index is -0.342. The number of ether oxygens (including phenoxy) is 3. The summed E-state index contributed by atoms with van der Waals surface area (Å²) >= 11 is 0. The van der Waals surface area contributed by atoms with E-state index in [1.54, 1.807) is 7.11 Å². The first-order chi connectivity index (χ1) is 8.36. The third-order valence-electron chi connectivity index (χ3n) is 3.48. The van der Waals surface area contributed by atoms with Gasteiger partial charge in [0, 0.05) is 20.2 Å². The van der Waals surface area contributed by atoms with Crippen molar-refractivity contribution in [3.63, 3.8) is 0 Å². The van der Waals surface area contributed by atoms with E-state index < -0.39 is 0 Å². The number of amides is 1. The number of hydrogen-bond donors (Lipinski definition) is 0. The first kappa shape index (κ1) is 13.8. The number of morpholine rings is 1. The molecule has 2 fully saturated rings. The zero-order valence-corrected chi connectivity index (χ0v) is 11.7. The highest BCUT2D eigenvalue weighted by Gasteiger charge is 2.46. The van der Waals surface area contributed by atoms with Gasteiger partial charge in [-0.3, -0.25) is 4.79 Å². The summed E-state index contributed by atoms with van der Waals surface area (Å²) in [5.74, 6) is 0.172. The van der Waals surface area contributed by atoms with Gasteiger partial charge in [-0.2, -0.15) is 0 Å². The molecule has 18 heavy (non-hydrogen) atoms. The molecule has 0 bridgehead atoms. The van der Waals surface area contributed by atoms with E-state index in [9.17, 15) is 4.79 Å². The minimum Gasteiger partial charge on any atom is -0.382 e. The summed E-state index contributed by atoms with van der Waals surface area (Å²) in [6.45, 7) is 8.78. The van der Waals surface area contributed by atoms with E-state index in [-0.39, 0.29) is 23.0 Å². The number of methoxy groups -OCH3 is 1. The topological polar surface area (TPSA) is 48.0 Å². The number of carbonyl (C=O) groups is 1. The molecule has 104 valence electrons. The van der Waals surface area contributed by atoms with Crippen LogP contribution < -0.4 is 0 Å². The van der Waals surface area contributed by atoms with Gasteiger partial charge in [0.1, 0.15) is 0 Å². The quantitative estimate of drug-likeness (QED) is 0.746. The van der Waals surface area contributed by atoms with E-state index >= 15 is 0 Å². The number of rotatable bonds is 3. The van der Waals surface area contributed by atoms with Gasteiger partial charge in [0.15, 0.2) is 0 Å². The van der Waals surface area contributed by atoms with Crippen LogP contribution in [-0.2, 0) is 19.0 Å². The molecule has 5 nitrogen and oxygen atoms in total. The molecule has 0 N–H and O–H groups in total. The van der Waals surface area contributed by atoms with Gasteiger partial charge >= 0.3 is 0 Å². The zero-order chi connectivity index (χ0) is 13.4. The van der Waals surface area contributed by atoms with Crippen LogP contribution >= 0.6 is 0 Å². The lowest BCUT2D eigenvalue weighted by molar-refractivity contribution is -0.192. The predicted molar refractivity (Wildman–Crippen MR) is 66.3 cm³/mol. The van der Waals surface area contributed by atoms with Gasteiger partial charge in [-0.1, -0.05) is 0 Å². The molecule has 1 amide bonds. The van der Waals surface area contributed by atoms with Gasteiger partial charge in [-0.15, -0.1) is 0 Å². The van der Waals surface area contributed by atoms with Crippen LogP contribution in [0.4, 0.5) is 0 Å². The SMILES string of the molecule is COC[C@H]1CN(C(=O)C2(C)COC2)CC(C)(C)O1. The number of hydrogen-bond acceptors (Lipinski definition) is 4. The summed E-state index contributed by atoms with van der Waals surface area (Å²) in [6, 6.07) is 0. The van der Waals surface area contributed by atoms with Crippen molar-refractivity contribution in [3.8, 4) is 0 Å². The first-order valence-electron chi connectivity index (χ1n) is 6.40. The Hall–Kier alpha value is -0.650. The maximum atomic E-state index is 12.5. The van der Waals surface area contributed by atoms with Crippen molar-refractivity contribution in [2.75, 3.05) is 40.0 Å². The molecule has 0 aliphatic carbocycles. The highest BCUT2D eigenvalue weighted by Crippen LogP contribution is 2.32. The Balaban J connectivity index is 2.05. The molecule has 5 heteroatoms. The lowest BCUT2D eigenvalue weighted by atomic mass is 9.86. The Labute approximate surface area is 108 Å². The lowest BCUT2D eigenvalue weighted by Gasteiger charge is -2.47. The Morgan fingerprint density at radius 2 is 2.06 bits per heavy atom. The van der Waals surface area contributed by atoms with Crippen LogP contribution in [0.1, 0.15) is 20.8 Å². The van der Waals surface area contributed by atoms with Crippen molar-refractivity contribution in [1.29, 1.82) is 0 Å². The van der Waals surface area contributed by atoms with Crippen LogP contribution in [0.15, 0.2) is 0 Å². The molecule has 0 unspecified atom stereocenters. The molecular weight excluding hydrogens is 234 g/mol. The fourth-order valence-electron chi connectivity index (χ4n) is 2.64. The minimum absolute atomic E-state index is 0.0488. The Morgan fingerprint density at radius 1 is 1.39 bits per heavy atom. The lowest BCUT2D eigenvalue weighted by Crippen LogP contribution is -2.61. The van der Waals surface area contributed by atoms with Crippen LogP contribution in [0.25, 0.3) is 0 Å². The summed E-state index contributed by atoms with van der Waals surface area (Å²) < 4.78 is 16.2. The second kappa shape index (κ2) is 4.79. The van der Waals surface area contributed by atoms with Crippen LogP contribution in [0, 0.1) is 5.41 Å². The molecular formula is C13H23NO4. The molecule has 2 aliphatic heterocycles. The second-order valence-electron chi connectivity index (χ2n) is 6.19. The van der Waals surface area contributed by atoms with Gasteiger partial charge in [-0.25, -0.2) is 0 Å². The average Bonchev–Trinajstić information content (AvgIpc) is 2.23. The van der Waals surface area contributed by atoms with E-state index in [4.69, 9.17) is 14.2 Å². The third kappa shape index (κ3) is 2.68. The number of carbonyl (C=O) groups excluding carboxylic acids is 1. The molecule has 0 saturated carbocycles. The highest BCUT2D eigenvalue weighted by atomic mass is 16.5. The predicted octanol–water partition coefficient (Wildman–Crippen LogP) is 0.675. The van der Waals surface area contributed by atoms with E-state index in [0.29, 0.717) is 32.9 Å². The van der Waals surface area contributed by atoms with Gasteiger partial charge in [-0.05, 0) is 20.8 Å². The number of nitrogens with zero attached hydrogens (tertiary/aromatic N) is 1. The van der Waals surface area contributed by atoms with Crippen molar-refractivity contribution in [1.82, 2.24) is 4.90 Å². The standard InChI is InChI=1S/C13H23NO4/c1-12(2)7-14(5-10(18-12)6-16-4)11(15)13(3)8-17-9-13/h10H,5-9H2,1-4H3/t10-/m1/s1. The molecule has 0 spiro atoms. The van der Waals surface area contributed by atoms with Gasteiger partial charge in [0.2, 0.25) is 5.91 Å². The van der Waals surface area contributed by atoms with E-state index in [1.165, 1.54) is 0 Å². The molecule has 2 saturated heterocycles. The molecule has 0 aromatic rings. The molecule has 2 rings (SSSR count). The van der Waals surface area contributed by atoms with Gasteiger partial charge < -0.3 is 19.1 Å². The summed E-state index contributed by atoms with van der Waals surface area (Å²) in [6.07, 6.45) is -0.0488. The Bertz CT molecular complexity index is 325. The highest BCUT2D eigenvalue weighted by molar-refractivity contribution is 5.83. The normalized spacial score (nSPS) is 29.8.